The largest absolute Gasteiger partial charge is 0.377 e. The molecular weight excluding hydrogens is 186 g/mol. The number of nitrogens with zero attached hydrogens (tertiary/aromatic N) is 1. The number of hydrogen-bond donors (Lipinski definition) is 0. The molecule has 0 saturated heterocycles. The molecule has 0 spiro atoms. The van der Waals surface area contributed by atoms with Crippen molar-refractivity contribution in [2.24, 2.45) is 0 Å². The Labute approximate surface area is 80.5 Å². The predicted molar refractivity (Wildman–Crippen MR) is 49.3 cm³/mol. The lowest BCUT2D eigenvalue weighted by Crippen LogP contribution is -2.06. The number of Topliss-reactive ketones (excluding diaryl/α,β-unsaturated/α-hetero) is 1. The normalized spacial score (nSPS) is 9.79. The van der Waals surface area contributed by atoms with Gasteiger partial charge in [-0.05, 0) is 12.1 Å². The van der Waals surface area contributed by atoms with Crippen molar-refractivity contribution in [3.8, 4) is 0 Å². The standard InChI is InChI=1S/C9H9NO4/c1-14-6-9(11)7-2-4-8(5-3-7)10(12)13/h2-5H,6H2,1H3. The second-order valence-corrected chi connectivity index (χ2v) is 2.66. The molecule has 0 aliphatic heterocycles. The van der Waals surface area contributed by atoms with Crippen LogP contribution in [0.5, 0.6) is 0 Å². The monoisotopic (exact) mass is 195 g/mol. The van der Waals surface area contributed by atoms with Crippen molar-refractivity contribution in [3.05, 3.63) is 39.9 Å². The molecule has 1 aromatic rings. The van der Waals surface area contributed by atoms with E-state index in [1.807, 2.05) is 0 Å². The van der Waals surface area contributed by atoms with Crippen LogP contribution in [-0.2, 0) is 4.74 Å². The van der Waals surface area contributed by atoms with Crippen molar-refractivity contribution >= 4 is 11.5 Å². The highest BCUT2D eigenvalue weighted by atomic mass is 16.6. The summed E-state index contributed by atoms with van der Waals surface area (Å²) in [6, 6.07) is 5.42. The van der Waals surface area contributed by atoms with Gasteiger partial charge in [-0.25, -0.2) is 0 Å². The topological polar surface area (TPSA) is 69.4 Å². The van der Waals surface area contributed by atoms with Crippen LogP contribution in [0.2, 0.25) is 0 Å². The Balaban J connectivity index is 2.83. The first kappa shape index (κ1) is 10.3. The first-order valence-corrected chi connectivity index (χ1v) is 3.91. The molecule has 0 bridgehead atoms. The van der Waals surface area contributed by atoms with Crippen LogP contribution in [0.3, 0.4) is 0 Å². The molecule has 0 unspecified atom stereocenters. The number of nitro groups is 1. The summed E-state index contributed by atoms with van der Waals surface area (Å²) >= 11 is 0. The van der Waals surface area contributed by atoms with Gasteiger partial charge in [0.25, 0.3) is 5.69 Å². The van der Waals surface area contributed by atoms with E-state index in [1.165, 1.54) is 31.4 Å². The van der Waals surface area contributed by atoms with Gasteiger partial charge in [-0.15, -0.1) is 0 Å². The van der Waals surface area contributed by atoms with Gasteiger partial charge in [0.15, 0.2) is 5.78 Å². The summed E-state index contributed by atoms with van der Waals surface area (Å²) < 4.78 is 4.65. The van der Waals surface area contributed by atoms with Crippen LogP contribution in [0, 0.1) is 10.1 Å². The van der Waals surface area contributed by atoms with E-state index in [2.05, 4.69) is 4.74 Å². The van der Waals surface area contributed by atoms with E-state index in [4.69, 9.17) is 0 Å². The van der Waals surface area contributed by atoms with Crippen molar-refractivity contribution in [1.82, 2.24) is 0 Å². The van der Waals surface area contributed by atoms with E-state index in [0.717, 1.165) is 0 Å². The first-order chi connectivity index (χ1) is 6.65. The molecule has 74 valence electrons. The molecule has 0 radical (unpaired) electrons. The zero-order chi connectivity index (χ0) is 10.6. The van der Waals surface area contributed by atoms with Gasteiger partial charge < -0.3 is 4.74 Å². The van der Waals surface area contributed by atoms with Crippen LogP contribution in [0.15, 0.2) is 24.3 Å². The number of ether oxygens (including phenoxy) is 1. The summed E-state index contributed by atoms with van der Waals surface area (Å²) in [5.74, 6) is -0.192. The van der Waals surface area contributed by atoms with Crippen molar-refractivity contribution in [3.63, 3.8) is 0 Å². The van der Waals surface area contributed by atoms with Crippen LogP contribution < -0.4 is 0 Å². The maximum absolute atomic E-state index is 11.2. The Morgan fingerprint density at radius 3 is 2.43 bits per heavy atom. The molecule has 14 heavy (non-hydrogen) atoms. The maximum Gasteiger partial charge on any atom is 0.269 e. The smallest absolute Gasteiger partial charge is 0.269 e. The molecule has 1 rings (SSSR count). The lowest BCUT2D eigenvalue weighted by atomic mass is 10.1. The fourth-order valence-electron chi connectivity index (χ4n) is 0.983. The lowest BCUT2D eigenvalue weighted by molar-refractivity contribution is -0.384. The minimum absolute atomic E-state index is 0.0161. The highest BCUT2D eigenvalue weighted by Gasteiger charge is 2.08. The third-order valence-electron chi connectivity index (χ3n) is 1.68. The van der Waals surface area contributed by atoms with Gasteiger partial charge in [-0.3, -0.25) is 14.9 Å². The number of methoxy groups -OCH3 is 1. The van der Waals surface area contributed by atoms with E-state index >= 15 is 0 Å². The summed E-state index contributed by atoms with van der Waals surface area (Å²) in [4.78, 5) is 21.0. The number of benzene rings is 1. The fourth-order valence-corrected chi connectivity index (χ4v) is 0.983. The Morgan fingerprint density at radius 1 is 1.43 bits per heavy atom. The minimum Gasteiger partial charge on any atom is -0.377 e. The molecular formula is C9H9NO4. The molecule has 5 nitrogen and oxygen atoms in total. The Kier molecular flexibility index (Phi) is 3.30. The number of rotatable bonds is 4. The summed E-state index contributed by atoms with van der Waals surface area (Å²) in [5.41, 5.74) is 0.386. The molecule has 0 heterocycles. The zero-order valence-corrected chi connectivity index (χ0v) is 7.60. The molecule has 0 aliphatic rings. The number of carbonyl (C=O) groups excluding carboxylic acids is 1. The van der Waals surface area contributed by atoms with Gasteiger partial charge in [0.1, 0.15) is 6.61 Å². The van der Waals surface area contributed by atoms with Crippen molar-refractivity contribution in [2.75, 3.05) is 13.7 Å². The van der Waals surface area contributed by atoms with Crippen molar-refractivity contribution < 1.29 is 14.5 Å². The quantitative estimate of drug-likeness (QED) is 0.414. The van der Waals surface area contributed by atoms with Gasteiger partial charge in [-0.2, -0.15) is 0 Å². The average Bonchev–Trinajstić information content (AvgIpc) is 2.18. The van der Waals surface area contributed by atoms with E-state index in [1.54, 1.807) is 0 Å². The van der Waals surface area contributed by atoms with Gasteiger partial charge in [0, 0.05) is 24.8 Å². The zero-order valence-electron chi connectivity index (χ0n) is 7.60. The SMILES string of the molecule is COCC(=O)c1ccc([N+](=O)[O-])cc1. The summed E-state index contributed by atoms with van der Waals surface area (Å²) in [6.07, 6.45) is 0. The summed E-state index contributed by atoms with van der Waals surface area (Å²) in [7, 11) is 1.42. The Bertz CT molecular complexity index is 344. The number of nitro benzene ring substituents is 1. The average molecular weight is 195 g/mol. The van der Waals surface area contributed by atoms with E-state index < -0.39 is 4.92 Å². The predicted octanol–water partition coefficient (Wildman–Crippen LogP) is 1.42. The van der Waals surface area contributed by atoms with Crippen molar-refractivity contribution in [2.45, 2.75) is 0 Å². The molecule has 0 atom stereocenters. The van der Waals surface area contributed by atoms with E-state index in [0.29, 0.717) is 5.56 Å². The maximum atomic E-state index is 11.2. The minimum atomic E-state index is -0.509. The Morgan fingerprint density at radius 2 is 2.00 bits per heavy atom. The molecule has 0 fully saturated rings. The number of ketones is 1. The third kappa shape index (κ3) is 2.37. The summed E-state index contributed by atoms with van der Waals surface area (Å²) in [5, 5.41) is 10.3. The molecule has 0 aromatic heterocycles. The molecule has 0 N–H and O–H groups in total. The number of non-ortho nitro benzene ring substituents is 1. The van der Waals surface area contributed by atoms with E-state index in [-0.39, 0.29) is 18.1 Å². The highest BCUT2D eigenvalue weighted by Crippen LogP contribution is 2.12. The second kappa shape index (κ2) is 4.48. The lowest BCUT2D eigenvalue weighted by Gasteiger charge is -1.98. The molecule has 5 heteroatoms. The summed E-state index contributed by atoms with van der Waals surface area (Å²) in [6.45, 7) is -0.0161. The first-order valence-electron chi connectivity index (χ1n) is 3.91. The van der Waals surface area contributed by atoms with Crippen LogP contribution in [0.4, 0.5) is 5.69 Å². The third-order valence-corrected chi connectivity index (χ3v) is 1.68. The van der Waals surface area contributed by atoms with Gasteiger partial charge in [0.05, 0.1) is 4.92 Å². The van der Waals surface area contributed by atoms with Crippen molar-refractivity contribution in [1.29, 1.82) is 0 Å². The van der Waals surface area contributed by atoms with Crippen LogP contribution in [-0.4, -0.2) is 24.4 Å². The van der Waals surface area contributed by atoms with Gasteiger partial charge >= 0.3 is 0 Å². The van der Waals surface area contributed by atoms with Crippen LogP contribution >= 0.6 is 0 Å². The molecule has 0 aliphatic carbocycles. The van der Waals surface area contributed by atoms with E-state index in [9.17, 15) is 14.9 Å². The highest BCUT2D eigenvalue weighted by molar-refractivity contribution is 5.97. The molecule has 1 aromatic carbocycles. The van der Waals surface area contributed by atoms with Crippen LogP contribution in [0.25, 0.3) is 0 Å². The fraction of sp³-hybridized carbons (Fsp3) is 0.222. The number of hydrogen-bond acceptors (Lipinski definition) is 4. The second-order valence-electron chi connectivity index (χ2n) is 2.66. The van der Waals surface area contributed by atoms with Gasteiger partial charge in [0.2, 0.25) is 0 Å². The molecule has 0 amide bonds. The van der Waals surface area contributed by atoms with Gasteiger partial charge in [-0.1, -0.05) is 0 Å². The number of carbonyl (C=O) groups is 1. The van der Waals surface area contributed by atoms with Crippen LogP contribution in [0.1, 0.15) is 10.4 Å². The Hall–Kier alpha value is -1.75. The molecule has 0 saturated carbocycles.